The fourth-order valence-electron chi connectivity index (χ4n) is 1.55. The summed E-state index contributed by atoms with van der Waals surface area (Å²) >= 11 is 0. The van der Waals surface area contributed by atoms with Crippen molar-refractivity contribution in [1.82, 2.24) is 5.32 Å². The highest BCUT2D eigenvalue weighted by Crippen LogP contribution is 2.03. The van der Waals surface area contributed by atoms with Crippen LogP contribution in [-0.4, -0.2) is 18.5 Å². The van der Waals surface area contributed by atoms with Gasteiger partial charge in [-0.1, -0.05) is 29.8 Å². The van der Waals surface area contributed by atoms with Gasteiger partial charge in [0.25, 0.3) is 0 Å². The molecule has 90 valence electrons. The molecule has 0 heterocycles. The van der Waals surface area contributed by atoms with E-state index >= 15 is 0 Å². The van der Waals surface area contributed by atoms with E-state index in [1.54, 1.807) is 0 Å². The summed E-state index contributed by atoms with van der Waals surface area (Å²) in [5.41, 5.74) is 8.00. The first kappa shape index (κ1) is 13.3. The van der Waals surface area contributed by atoms with Crippen LogP contribution in [0, 0.1) is 19.3 Å². The van der Waals surface area contributed by atoms with Gasteiger partial charge in [0.1, 0.15) is 0 Å². The molecule has 1 aromatic carbocycles. The van der Waals surface area contributed by atoms with E-state index in [-0.39, 0.29) is 12.3 Å². The molecule has 1 aromatic rings. The lowest BCUT2D eigenvalue weighted by Crippen LogP contribution is -2.41. The molecular formula is C14H18N2O. The maximum Gasteiger partial charge on any atom is 0.237 e. The first-order valence-electron chi connectivity index (χ1n) is 5.66. The highest BCUT2D eigenvalue weighted by atomic mass is 16.2. The van der Waals surface area contributed by atoms with E-state index in [4.69, 9.17) is 12.2 Å². The Labute approximate surface area is 102 Å². The van der Waals surface area contributed by atoms with Crippen molar-refractivity contribution in [1.29, 1.82) is 0 Å². The zero-order valence-electron chi connectivity index (χ0n) is 10.1. The molecule has 0 saturated heterocycles. The third-order valence-corrected chi connectivity index (χ3v) is 2.47. The minimum atomic E-state index is -0.600. The molecule has 17 heavy (non-hydrogen) atoms. The van der Waals surface area contributed by atoms with Crippen LogP contribution in [0.5, 0.6) is 0 Å². The number of nitrogens with two attached hydrogens (primary N) is 1. The maximum absolute atomic E-state index is 11.5. The third-order valence-electron chi connectivity index (χ3n) is 2.47. The summed E-state index contributed by atoms with van der Waals surface area (Å²) in [4.78, 5) is 11.5. The fraction of sp³-hybridized carbons (Fsp3) is 0.357. The second-order valence-corrected chi connectivity index (χ2v) is 4.04. The number of carbonyl (C=O) groups is 1. The van der Waals surface area contributed by atoms with E-state index in [2.05, 4.69) is 17.3 Å². The SMILES string of the molecule is C#CCC(N)C(=O)NCCc1cccc(C)c1. The normalized spacial score (nSPS) is 11.6. The second-order valence-electron chi connectivity index (χ2n) is 4.04. The number of terminal acetylenes is 1. The first-order chi connectivity index (χ1) is 8.13. The number of hydrogen-bond acceptors (Lipinski definition) is 2. The number of hydrogen-bond donors (Lipinski definition) is 2. The van der Waals surface area contributed by atoms with E-state index < -0.39 is 6.04 Å². The van der Waals surface area contributed by atoms with Gasteiger partial charge in [0.15, 0.2) is 0 Å². The summed E-state index contributed by atoms with van der Waals surface area (Å²) in [6.45, 7) is 2.63. The minimum absolute atomic E-state index is 0.185. The predicted molar refractivity (Wildman–Crippen MR) is 69.3 cm³/mol. The van der Waals surface area contributed by atoms with Crippen LogP contribution in [0.2, 0.25) is 0 Å². The van der Waals surface area contributed by atoms with Crippen LogP contribution in [0.3, 0.4) is 0 Å². The van der Waals surface area contributed by atoms with E-state index in [1.807, 2.05) is 25.1 Å². The van der Waals surface area contributed by atoms with Gasteiger partial charge in [0, 0.05) is 13.0 Å². The van der Waals surface area contributed by atoms with Crippen molar-refractivity contribution in [2.45, 2.75) is 25.8 Å². The molecule has 1 amide bonds. The number of aryl methyl sites for hydroxylation is 1. The molecule has 3 heteroatoms. The summed E-state index contributed by atoms with van der Waals surface area (Å²) in [6.07, 6.45) is 6.17. The maximum atomic E-state index is 11.5. The Morgan fingerprint density at radius 1 is 1.59 bits per heavy atom. The van der Waals surface area contributed by atoms with Gasteiger partial charge in [-0.2, -0.15) is 0 Å². The number of benzene rings is 1. The van der Waals surface area contributed by atoms with Crippen molar-refractivity contribution in [3.63, 3.8) is 0 Å². The van der Waals surface area contributed by atoms with E-state index in [1.165, 1.54) is 11.1 Å². The Balaban J connectivity index is 2.33. The second kappa shape index (κ2) is 6.72. The number of amides is 1. The van der Waals surface area contributed by atoms with Gasteiger partial charge in [0.2, 0.25) is 5.91 Å². The van der Waals surface area contributed by atoms with Crippen LogP contribution in [0.1, 0.15) is 17.5 Å². The molecule has 0 aliphatic heterocycles. The lowest BCUT2D eigenvalue weighted by atomic mass is 10.1. The summed E-state index contributed by atoms with van der Waals surface area (Å²) in [5, 5.41) is 2.78. The van der Waals surface area contributed by atoms with Crippen LogP contribution < -0.4 is 11.1 Å². The van der Waals surface area contributed by atoms with Crippen LogP contribution in [0.25, 0.3) is 0 Å². The van der Waals surface area contributed by atoms with Crippen molar-refractivity contribution in [2.24, 2.45) is 5.73 Å². The summed E-state index contributed by atoms with van der Waals surface area (Å²) < 4.78 is 0. The van der Waals surface area contributed by atoms with Crippen LogP contribution in [0.15, 0.2) is 24.3 Å². The Morgan fingerprint density at radius 3 is 3.00 bits per heavy atom. The topological polar surface area (TPSA) is 55.1 Å². The Kier molecular flexibility index (Phi) is 5.25. The lowest BCUT2D eigenvalue weighted by molar-refractivity contribution is -0.122. The summed E-state index contributed by atoms with van der Waals surface area (Å²) in [7, 11) is 0. The Hall–Kier alpha value is -1.79. The number of carbonyl (C=O) groups excluding carboxylic acids is 1. The molecule has 0 radical (unpaired) electrons. The van der Waals surface area contributed by atoms with E-state index in [0.29, 0.717) is 6.54 Å². The largest absolute Gasteiger partial charge is 0.354 e. The highest BCUT2D eigenvalue weighted by Gasteiger charge is 2.10. The highest BCUT2D eigenvalue weighted by molar-refractivity contribution is 5.81. The monoisotopic (exact) mass is 230 g/mol. The van der Waals surface area contributed by atoms with Crippen molar-refractivity contribution in [3.05, 3.63) is 35.4 Å². The summed E-state index contributed by atoms with van der Waals surface area (Å²) in [5.74, 6) is 2.19. The smallest absolute Gasteiger partial charge is 0.237 e. The minimum Gasteiger partial charge on any atom is -0.354 e. The molecule has 1 atom stereocenters. The standard InChI is InChI=1S/C14H18N2O/c1-3-5-13(15)14(17)16-9-8-12-7-4-6-11(2)10-12/h1,4,6-7,10,13H,5,8-9,15H2,2H3,(H,16,17). The van der Waals surface area contributed by atoms with Crippen molar-refractivity contribution in [2.75, 3.05) is 6.54 Å². The Bertz CT molecular complexity index is 420. The van der Waals surface area contributed by atoms with Gasteiger partial charge >= 0.3 is 0 Å². The van der Waals surface area contributed by atoms with Crippen molar-refractivity contribution >= 4 is 5.91 Å². The zero-order chi connectivity index (χ0) is 12.7. The lowest BCUT2D eigenvalue weighted by Gasteiger charge is -2.09. The van der Waals surface area contributed by atoms with Crippen molar-refractivity contribution in [3.8, 4) is 12.3 Å². The summed E-state index contributed by atoms with van der Waals surface area (Å²) in [6, 6.07) is 7.60. The molecule has 0 fully saturated rings. The van der Waals surface area contributed by atoms with Crippen LogP contribution >= 0.6 is 0 Å². The molecule has 0 bridgehead atoms. The average Bonchev–Trinajstić information content (AvgIpc) is 2.29. The average molecular weight is 230 g/mol. The van der Waals surface area contributed by atoms with E-state index in [0.717, 1.165) is 6.42 Å². The van der Waals surface area contributed by atoms with Gasteiger partial charge in [-0.05, 0) is 18.9 Å². The van der Waals surface area contributed by atoms with Crippen LogP contribution in [0.4, 0.5) is 0 Å². The van der Waals surface area contributed by atoms with Gasteiger partial charge in [-0.3, -0.25) is 4.79 Å². The van der Waals surface area contributed by atoms with E-state index in [9.17, 15) is 4.79 Å². The Morgan fingerprint density at radius 2 is 2.35 bits per heavy atom. The van der Waals surface area contributed by atoms with Gasteiger partial charge in [-0.15, -0.1) is 12.3 Å². The first-order valence-corrected chi connectivity index (χ1v) is 5.66. The number of rotatable bonds is 5. The quantitative estimate of drug-likeness (QED) is 0.742. The van der Waals surface area contributed by atoms with Gasteiger partial charge < -0.3 is 11.1 Å². The molecule has 0 aliphatic rings. The molecule has 0 aromatic heterocycles. The molecule has 1 unspecified atom stereocenters. The number of nitrogens with one attached hydrogen (secondary N) is 1. The molecule has 1 rings (SSSR count). The van der Waals surface area contributed by atoms with Crippen molar-refractivity contribution < 1.29 is 4.79 Å². The third kappa shape index (κ3) is 4.71. The van der Waals surface area contributed by atoms with Gasteiger partial charge in [0.05, 0.1) is 6.04 Å². The molecular weight excluding hydrogens is 212 g/mol. The molecule has 0 spiro atoms. The fourth-order valence-corrected chi connectivity index (χ4v) is 1.55. The molecule has 0 saturated carbocycles. The van der Waals surface area contributed by atoms with Crippen LogP contribution in [-0.2, 0) is 11.2 Å². The molecule has 0 aliphatic carbocycles. The van der Waals surface area contributed by atoms with Gasteiger partial charge in [-0.25, -0.2) is 0 Å². The predicted octanol–water partition coefficient (Wildman–Crippen LogP) is 1.00. The molecule has 3 N–H and O–H groups in total. The molecule has 3 nitrogen and oxygen atoms in total. The zero-order valence-corrected chi connectivity index (χ0v) is 10.1.